The summed E-state index contributed by atoms with van der Waals surface area (Å²) in [5, 5.41) is 16.5. The second-order valence-corrected chi connectivity index (χ2v) is 2.50. The van der Waals surface area contributed by atoms with Gasteiger partial charge in [0.05, 0.1) is 12.5 Å². The Balaban J connectivity index is 3.03. The molecule has 0 aliphatic carbocycles. The van der Waals surface area contributed by atoms with Crippen molar-refractivity contribution in [3.05, 3.63) is 35.1 Å². The number of benzene rings is 1. The fourth-order valence-electron chi connectivity index (χ4n) is 0.954. The minimum atomic E-state index is -0.462. The lowest BCUT2D eigenvalue weighted by molar-refractivity contribution is 0.615. The smallest absolute Gasteiger partial charge is 0.152 e. The molecule has 0 aliphatic heterocycles. The Labute approximate surface area is 81.2 Å². The SMILES string of the molecule is N#CC#Cc1ccc(CC#N)c(F)c1. The van der Waals surface area contributed by atoms with Gasteiger partial charge in [-0.25, -0.2) is 4.39 Å². The first kappa shape index (κ1) is 9.78. The van der Waals surface area contributed by atoms with Gasteiger partial charge in [-0.1, -0.05) is 12.0 Å². The van der Waals surface area contributed by atoms with Crippen LogP contribution in [0.2, 0.25) is 0 Å². The molecule has 1 aromatic rings. The van der Waals surface area contributed by atoms with Crippen molar-refractivity contribution in [3.8, 4) is 24.0 Å². The Hall–Kier alpha value is -2.31. The van der Waals surface area contributed by atoms with Crippen LogP contribution in [0.25, 0.3) is 0 Å². The van der Waals surface area contributed by atoms with E-state index in [9.17, 15) is 4.39 Å². The number of nitriles is 2. The summed E-state index contributed by atoms with van der Waals surface area (Å²) in [6.45, 7) is 0. The number of nitrogens with zero attached hydrogens (tertiary/aromatic N) is 2. The minimum Gasteiger partial charge on any atom is -0.207 e. The van der Waals surface area contributed by atoms with E-state index < -0.39 is 5.82 Å². The maximum absolute atomic E-state index is 13.2. The molecule has 0 radical (unpaired) electrons. The molecule has 1 aromatic carbocycles. The molecule has 1 rings (SSSR count). The summed E-state index contributed by atoms with van der Waals surface area (Å²) in [4.78, 5) is 0. The minimum absolute atomic E-state index is 0.0395. The molecular weight excluding hydrogens is 179 g/mol. The van der Waals surface area contributed by atoms with E-state index in [0.717, 1.165) is 0 Å². The third kappa shape index (κ3) is 2.34. The predicted octanol–water partition coefficient (Wildman–Crippen LogP) is 1.77. The fraction of sp³-hybridized carbons (Fsp3) is 0.0909. The van der Waals surface area contributed by atoms with Crippen molar-refractivity contribution >= 4 is 0 Å². The molecule has 0 saturated carbocycles. The molecule has 0 bridgehead atoms. The number of hydrogen-bond donors (Lipinski definition) is 0. The summed E-state index contributed by atoms with van der Waals surface area (Å²) in [7, 11) is 0. The van der Waals surface area contributed by atoms with Gasteiger partial charge in [0.1, 0.15) is 5.82 Å². The molecule has 66 valence electrons. The maximum Gasteiger partial charge on any atom is 0.152 e. The summed E-state index contributed by atoms with van der Waals surface area (Å²) in [6.07, 6.45) is 0.0395. The quantitative estimate of drug-likeness (QED) is 0.624. The van der Waals surface area contributed by atoms with Crippen molar-refractivity contribution in [2.45, 2.75) is 6.42 Å². The molecule has 14 heavy (non-hydrogen) atoms. The zero-order valence-corrected chi connectivity index (χ0v) is 7.21. The normalized spacial score (nSPS) is 7.93. The number of halogens is 1. The van der Waals surface area contributed by atoms with E-state index in [1.165, 1.54) is 12.1 Å². The van der Waals surface area contributed by atoms with Crippen molar-refractivity contribution in [2.75, 3.05) is 0 Å². The number of hydrogen-bond acceptors (Lipinski definition) is 2. The van der Waals surface area contributed by atoms with Crippen LogP contribution in [0.5, 0.6) is 0 Å². The first-order valence-electron chi connectivity index (χ1n) is 3.83. The van der Waals surface area contributed by atoms with Gasteiger partial charge in [-0.15, -0.1) is 0 Å². The third-order valence-electron chi connectivity index (χ3n) is 1.59. The highest BCUT2D eigenvalue weighted by atomic mass is 19.1. The van der Waals surface area contributed by atoms with Crippen molar-refractivity contribution in [1.82, 2.24) is 0 Å². The van der Waals surface area contributed by atoms with E-state index in [2.05, 4.69) is 11.8 Å². The van der Waals surface area contributed by atoms with Gasteiger partial charge in [0.2, 0.25) is 0 Å². The van der Waals surface area contributed by atoms with Crippen LogP contribution in [0.3, 0.4) is 0 Å². The van der Waals surface area contributed by atoms with Gasteiger partial charge in [-0.2, -0.15) is 10.5 Å². The van der Waals surface area contributed by atoms with Gasteiger partial charge in [-0.3, -0.25) is 0 Å². The predicted molar refractivity (Wildman–Crippen MR) is 48.2 cm³/mol. The van der Waals surface area contributed by atoms with Gasteiger partial charge in [-0.05, 0) is 12.1 Å². The Morgan fingerprint density at radius 2 is 2.07 bits per heavy atom. The number of rotatable bonds is 1. The molecule has 0 fully saturated rings. The molecule has 3 heteroatoms. The van der Waals surface area contributed by atoms with E-state index in [0.29, 0.717) is 11.1 Å². The molecule has 0 heterocycles. The van der Waals surface area contributed by atoms with Crippen molar-refractivity contribution in [1.29, 1.82) is 10.5 Å². The lowest BCUT2D eigenvalue weighted by atomic mass is 10.1. The molecule has 0 atom stereocenters. The van der Waals surface area contributed by atoms with Gasteiger partial charge in [0.25, 0.3) is 0 Å². The Kier molecular flexibility index (Phi) is 3.25. The molecule has 0 aliphatic rings. The monoisotopic (exact) mass is 184 g/mol. The van der Waals surface area contributed by atoms with Gasteiger partial charge < -0.3 is 0 Å². The summed E-state index contributed by atoms with van der Waals surface area (Å²) < 4.78 is 13.2. The third-order valence-corrected chi connectivity index (χ3v) is 1.59. The van der Waals surface area contributed by atoms with Crippen LogP contribution in [0.1, 0.15) is 11.1 Å². The van der Waals surface area contributed by atoms with Gasteiger partial charge in [0.15, 0.2) is 6.07 Å². The highest BCUT2D eigenvalue weighted by Crippen LogP contribution is 2.09. The Morgan fingerprint density at radius 3 is 2.64 bits per heavy atom. The molecule has 2 nitrogen and oxygen atoms in total. The standard InChI is InChI=1S/C11H5FN2/c12-11-8-9(2-1-6-13)3-4-10(11)5-7-14/h3-4,8H,5H2. The summed E-state index contributed by atoms with van der Waals surface area (Å²) in [6, 6.07) is 7.80. The Bertz CT molecular complexity index is 481. The van der Waals surface area contributed by atoms with Crippen LogP contribution in [0, 0.1) is 40.3 Å². The van der Waals surface area contributed by atoms with E-state index in [4.69, 9.17) is 10.5 Å². The van der Waals surface area contributed by atoms with Gasteiger partial charge in [0, 0.05) is 17.0 Å². The van der Waals surface area contributed by atoms with E-state index >= 15 is 0 Å². The summed E-state index contributed by atoms with van der Waals surface area (Å²) in [5.41, 5.74) is 0.778. The average Bonchev–Trinajstić information content (AvgIpc) is 2.19. The van der Waals surface area contributed by atoms with Crippen LogP contribution in [0.15, 0.2) is 18.2 Å². The van der Waals surface area contributed by atoms with Crippen LogP contribution >= 0.6 is 0 Å². The molecule has 0 saturated heterocycles. The van der Waals surface area contributed by atoms with Gasteiger partial charge >= 0.3 is 0 Å². The van der Waals surface area contributed by atoms with Crippen molar-refractivity contribution < 1.29 is 4.39 Å². The molecule has 0 unspecified atom stereocenters. The Morgan fingerprint density at radius 1 is 1.29 bits per heavy atom. The first-order chi connectivity index (χ1) is 6.77. The zero-order chi connectivity index (χ0) is 10.4. The molecule has 0 aromatic heterocycles. The molecule has 0 spiro atoms. The van der Waals surface area contributed by atoms with E-state index in [1.54, 1.807) is 12.1 Å². The second kappa shape index (κ2) is 4.65. The lowest BCUT2D eigenvalue weighted by Crippen LogP contribution is -1.89. The fourth-order valence-corrected chi connectivity index (χ4v) is 0.954. The average molecular weight is 184 g/mol. The van der Waals surface area contributed by atoms with Crippen molar-refractivity contribution in [3.63, 3.8) is 0 Å². The summed E-state index contributed by atoms with van der Waals surface area (Å²) >= 11 is 0. The molecular formula is C11H5FN2. The van der Waals surface area contributed by atoms with Crippen LogP contribution < -0.4 is 0 Å². The summed E-state index contributed by atoms with van der Waals surface area (Å²) in [5.74, 6) is 4.18. The van der Waals surface area contributed by atoms with Crippen molar-refractivity contribution in [2.24, 2.45) is 0 Å². The highest BCUT2D eigenvalue weighted by molar-refractivity contribution is 5.40. The van der Waals surface area contributed by atoms with Crippen LogP contribution in [-0.4, -0.2) is 0 Å². The zero-order valence-electron chi connectivity index (χ0n) is 7.21. The van der Waals surface area contributed by atoms with Crippen LogP contribution in [-0.2, 0) is 6.42 Å². The molecule has 0 N–H and O–H groups in total. The van der Waals surface area contributed by atoms with Crippen LogP contribution in [0.4, 0.5) is 4.39 Å². The first-order valence-corrected chi connectivity index (χ1v) is 3.83. The van der Waals surface area contributed by atoms with E-state index in [-0.39, 0.29) is 6.42 Å². The lowest BCUT2D eigenvalue weighted by Gasteiger charge is -1.97. The molecule has 0 amide bonds. The highest BCUT2D eigenvalue weighted by Gasteiger charge is 2.01. The van der Waals surface area contributed by atoms with E-state index in [1.807, 2.05) is 6.07 Å². The topological polar surface area (TPSA) is 47.6 Å². The largest absolute Gasteiger partial charge is 0.207 e. The maximum atomic E-state index is 13.2. The second-order valence-electron chi connectivity index (χ2n) is 2.50.